The molecule has 0 aromatic carbocycles. The normalized spacial score (nSPS) is 19.0. The molecule has 12 nitrogen and oxygen atoms in total. The van der Waals surface area contributed by atoms with Gasteiger partial charge >= 0.3 is 37.7 Å². The number of hydrogen-bond donors (Lipinski definition) is 0. The van der Waals surface area contributed by atoms with E-state index in [1.54, 1.807) is 12.1 Å². The first-order valence-corrected chi connectivity index (χ1v) is 14.0. The Kier molecular flexibility index (Phi) is 12.1. The summed E-state index contributed by atoms with van der Waals surface area (Å²) in [5.41, 5.74) is 1.47. The Morgan fingerprint density at radius 3 is 1.21 bits per heavy atom. The van der Waals surface area contributed by atoms with E-state index in [4.69, 9.17) is 0 Å². The second-order valence-corrected chi connectivity index (χ2v) is 10.9. The predicted octanol–water partition coefficient (Wildman–Crippen LogP) is -6.08. The van der Waals surface area contributed by atoms with Crippen LogP contribution in [0.15, 0.2) is 24.5 Å². The van der Waals surface area contributed by atoms with Crippen LogP contribution in [0.2, 0.25) is 0 Å². The van der Waals surface area contributed by atoms with E-state index in [0.29, 0.717) is 0 Å². The van der Waals surface area contributed by atoms with Gasteiger partial charge < -0.3 is 29.6 Å². The van der Waals surface area contributed by atoms with Crippen molar-refractivity contribution in [1.29, 1.82) is 0 Å². The number of rotatable bonds is 6. The summed E-state index contributed by atoms with van der Waals surface area (Å²) in [6, 6.07) is 3.49. The molecule has 0 N–H and O–H groups in total. The molecule has 2 aliphatic heterocycles. The molecule has 0 unspecified atom stereocenters. The van der Waals surface area contributed by atoms with Gasteiger partial charge in [0.05, 0.1) is 0 Å². The molecule has 14 heteroatoms. The van der Waals surface area contributed by atoms with Crippen molar-refractivity contribution in [1.82, 2.24) is 29.7 Å². The maximum Gasteiger partial charge on any atom is 1.00 e. The minimum Gasteiger partial charge on any atom is -0.542 e. The summed E-state index contributed by atoms with van der Waals surface area (Å²) < 4.78 is 0. The van der Waals surface area contributed by atoms with Crippen molar-refractivity contribution in [2.75, 3.05) is 26.2 Å². The summed E-state index contributed by atoms with van der Waals surface area (Å²) in [6.45, 7) is 2.91. The number of carbonyl (C=O) groups excluding carboxylic acids is 4. The van der Waals surface area contributed by atoms with Gasteiger partial charge in [-0.15, -0.1) is 0 Å². The maximum atomic E-state index is 12.0. The van der Waals surface area contributed by atoms with Crippen molar-refractivity contribution >= 4 is 23.8 Å². The zero-order chi connectivity index (χ0) is 28.2. The van der Waals surface area contributed by atoms with E-state index in [1.807, 2.05) is 9.80 Å². The summed E-state index contributed by atoms with van der Waals surface area (Å²) in [7, 11) is 0. The zero-order valence-electron chi connectivity index (χ0n) is 24.2. The number of likely N-dealkylation sites (tertiary alicyclic amines) is 2. The summed E-state index contributed by atoms with van der Waals surface area (Å²) in [4.78, 5) is 64.7. The molecular weight excluding hydrogens is 530 g/mol. The van der Waals surface area contributed by atoms with Crippen molar-refractivity contribution in [2.24, 2.45) is 11.8 Å². The smallest absolute Gasteiger partial charge is 0.542 e. The standard InChI is InChI=1S/2C14H17N3O3.2Li/c2*18-13(10-1-2-10)17-7-4-9(5-8-17)11-3-6-15-12(16-11)14(19)20;;/h2*3,6,9-10H,1-2,4-5,7-8H2,(H,19,20);;/q;;2*+1/p-2. The SMILES string of the molecule is O=C([O-])c1nccc(C2CCN(C(=O)C3CC3)CC2)n1.O=C([O-])c1nccc(C2CCN(C(=O)C3CC3)CC2)n1.[Li+].[Li+]. The van der Waals surface area contributed by atoms with Crippen molar-refractivity contribution in [3.8, 4) is 0 Å². The van der Waals surface area contributed by atoms with Crippen LogP contribution in [-0.2, 0) is 9.59 Å². The van der Waals surface area contributed by atoms with Gasteiger partial charge in [0.2, 0.25) is 11.8 Å². The van der Waals surface area contributed by atoms with Gasteiger partial charge in [-0.25, -0.2) is 19.9 Å². The molecule has 0 atom stereocenters. The number of aromatic nitrogens is 4. The minimum absolute atomic E-state index is 0. The topological polar surface area (TPSA) is 172 Å². The molecule has 2 amide bonds. The number of carboxylic acid groups (broad SMARTS) is 2. The maximum absolute atomic E-state index is 12.0. The number of carboxylic acids is 2. The number of nitrogens with zero attached hydrogens (tertiary/aromatic N) is 6. The van der Waals surface area contributed by atoms with Gasteiger partial charge in [-0.05, 0) is 63.5 Å². The fourth-order valence-corrected chi connectivity index (χ4v) is 5.36. The van der Waals surface area contributed by atoms with Gasteiger partial charge in [0.15, 0.2) is 11.6 Å². The monoisotopic (exact) mass is 562 g/mol. The first kappa shape index (κ1) is 33.7. The van der Waals surface area contributed by atoms with E-state index in [9.17, 15) is 29.4 Å². The Labute approximate surface area is 268 Å². The summed E-state index contributed by atoms with van der Waals surface area (Å²) in [6.07, 6.45) is 10.3. The number of aromatic carboxylic acids is 2. The third-order valence-electron chi connectivity index (χ3n) is 8.02. The van der Waals surface area contributed by atoms with E-state index >= 15 is 0 Å². The van der Waals surface area contributed by atoms with Crippen LogP contribution in [0.4, 0.5) is 0 Å². The average Bonchev–Trinajstić information content (AvgIpc) is 3.91. The van der Waals surface area contributed by atoms with Crippen LogP contribution < -0.4 is 47.9 Å². The van der Waals surface area contributed by atoms with Gasteiger partial charge in [0.1, 0.15) is 11.9 Å². The van der Waals surface area contributed by atoms with E-state index in [0.717, 1.165) is 88.9 Å². The molecule has 0 radical (unpaired) electrons. The molecule has 2 saturated carbocycles. The van der Waals surface area contributed by atoms with Gasteiger partial charge in [0.25, 0.3) is 0 Å². The van der Waals surface area contributed by atoms with Crippen molar-refractivity contribution in [3.05, 3.63) is 47.6 Å². The Balaban J connectivity index is 0.000000220. The van der Waals surface area contributed by atoms with Crippen LogP contribution in [0.1, 0.15) is 95.8 Å². The van der Waals surface area contributed by atoms with Crippen LogP contribution in [0.25, 0.3) is 0 Å². The van der Waals surface area contributed by atoms with Gasteiger partial charge in [-0.1, -0.05) is 0 Å². The molecule has 212 valence electrons. The molecule has 4 aliphatic rings. The predicted molar refractivity (Wildman–Crippen MR) is 135 cm³/mol. The number of amides is 2. The molecule has 0 bridgehead atoms. The van der Waals surface area contributed by atoms with Crippen molar-refractivity contribution < 1.29 is 67.1 Å². The molecule has 2 aromatic heterocycles. The Morgan fingerprint density at radius 1 is 0.595 bits per heavy atom. The second-order valence-electron chi connectivity index (χ2n) is 10.9. The zero-order valence-corrected chi connectivity index (χ0v) is 24.2. The third kappa shape index (κ3) is 8.64. The summed E-state index contributed by atoms with van der Waals surface area (Å²) >= 11 is 0. The molecule has 4 fully saturated rings. The Hall–Kier alpha value is -2.77. The number of carbonyl (C=O) groups is 4. The van der Waals surface area contributed by atoms with Crippen LogP contribution in [0, 0.1) is 11.8 Å². The Morgan fingerprint density at radius 2 is 0.929 bits per heavy atom. The van der Waals surface area contributed by atoms with E-state index < -0.39 is 11.9 Å². The molecule has 2 saturated heterocycles. The number of hydrogen-bond acceptors (Lipinski definition) is 10. The summed E-state index contributed by atoms with van der Waals surface area (Å²) in [5.74, 6) is -1.77. The van der Waals surface area contributed by atoms with Crippen molar-refractivity contribution in [3.63, 3.8) is 0 Å². The fraction of sp³-hybridized carbons (Fsp3) is 0.571. The van der Waals surface area contributed by atoms with Crippen molar-refractivity contribution in [2.45, 2.75) is 63.2 Å². The second kappa shape index (κ2) is 15.1. The fourth-order valence-electron chi connectivity index (χ4n) is 5.36. The molecule has 6 rings (SSSR count). The quantitative estimate of drug-likeness (QED) is 0.309. The first-order valence-electron chi connectivity index (χ1n) is 14.0. The van der Waals surface area contributed by atoms with E-state index in [1.165, 1.54) is 12.4 Å². The van der Waals surface area contributed by atoms with Crippen LogP contribution in [0.3, 0.4) is 0 Å². The first-order chi connectivity index (χ1) is 19.3. The van der Waals surface area contributed by atoms with Crippen LogP contribution in [-0.4, -0.2) is 79.7 Å². The molecule has 2 aromatic rings. The largest absolute Gasteiger partial charge is 1.00 e. The van der Waals surface area contributed by atoms with Gasteiger partial charge in [0, 0.05) is 73.6 Å². The molecular formula is C28H32Li2N6O6. The van der Waals surface area contributed by atoms with E-state index in [-0.39, 0.29) is 84.9 Å². The van der Waals surface area contributed by atoms with Gasteiger partial charge in [-0.3, -0.25) is 9.59 Å². The molecule has 4 heterocycles. The minimum atomic E-state index is -1.35. The molecule has 2 aliphatic carbocycles. The van der Waals surface area contributed by atoms with Crippen LogP contribution >= 0.6 is 0 Å². The Bertz CT molecular complexity index is 1180. The molecule has 42 heavy (non-hydrogen) atoms. The molecule has 0 spiro atoms. The van der Waals surface area contributed by atoms with Gasteiger partial charge in [-0.2, -0.15) is 0 Å². The number of piperidine rings is 2. The summed E-state index contributed by atoms with van der Waals surface area (Å²) in [5, 5.41) is 21.5. The third-order valence-corrected chi connectivity index (χ3v) is 8.02. The van der Waals surface area contributed by atoms with Crippen LogP contribution in [0.5, 0.6) is 0 Å². The average molecular weight is 562 g/mol. The van der Waals surface area contributed by atoms with E-state index in [2.05, 4.69) is 19.9 Å².